The summed E-state index contributed by atoms with van der Waals surface area (Å²) < 4.78 is 2.18. The molecule has 1 aromatic heterocycles. The molecule has 1 saturated carbocycles. The van der Waals surface area contributed by atoms with E-state index in [4.69, 9.17) is 0 Å². The molecule has 84 valence electrons. The Kier molecular flexibility index (Phi) is 2.21. The zero-order chi connectivity index (χ0) is 11.1. The van der Waals surface area contributed by atoms with E-state index in [1.165, 1.54) is 23.9 Å². The fourth-order valence-corrected chi connectivity index (χ4v) is 2.04. The van der Waals surface area contributed by atoms with Gasteiger partial charge in [0.05, 0.1) is 17.6 Å². The molecule has 2 aromatic rings. The van der Waals surface area contributed by atoms with Gasteiger partial charge < -0.3 is 9.88 Å². The molecule has 0 amide bonds. The minimum Gasteiger partial charge on any atom is -0.330 e. The summed E-state index contributed by atoms with van der Waals surface area (Å²) in [6, 6.07) is 7.18. The second kappa shape index (κ2) is 3.59. The van der Waals surface area contributed by atoms with Crippen LogP contribution in [0.1, 0.15) is 24.2 Å². The van der Waals surface area contributed by atoms with Crippen molar-refractivity contribution in [3.05, 3.63) is 29.6 Å². The number of nitrogens with one attached hydrogen (secondary N) is 1. The topological polar surface area (TPSA) is 29.9 Å². The first-order valence-electron chi connectivity index (χ1n) is 5.89. The predicted octanol–water partition coefficient (Wildman–Crippen LogP) is 2.13. The lowest BCUT2D eigenvalue weighted by Crippen LogP contribution is -2.18. The maximum absolute atomic E-state index is 4.67. The molecular weight excluding hydrogens is 198 g/mol. The Labute approximate surface area is 95.5 Å². The smallest absolute Gasteiger partial charge is 0.123 e. The van der Waals surface area contributed by atoms with E-state index in [0.29, 0.717) is 0 Å². The Morgan fingerprint density at radius 2 is 2.25 bits per heavy atom. The van der Waals surface area contributed by atoms with Crippen molar-refractivity contribution in [2.24, 2.45) is 7.05 Å². The number of benzene rings is 1. The van der Waals surface area contributed by atoms with Crippen molar-refractivity contribution < 1.29 is 0 Å². The molecule has 3 rings (SSSR count). The second-order valence-corrected chi connectivity index (χ2v) is 4.73. The molecule has 0 unspecified atom stereocenters. The minimum atomic E-state index is 0.738. The number of nitrogens with zero attached hydrogens (tertiary/aromatic N) is 2. The first-order chi connectivity index (χ1) is 7.74. The van der Waals surface area contributed by atoms with E-state index >= 15 is 0 Å². The number of fused-ring (bicyclic) bond motifs is 1. The number of hydrogen-bond donors (Lipinski definition) is 1. The summed E-state index contributed by atoms with van der Waals surface area (Å²) in [5, 5.41) is 3.51. The van der Waals surface area contributed by atoms with Crippen LogP contribution in [0, 0.1) is 6.92 Å². The fraction of sp³-hybridized carbons (Fsp3) is 0.462. The van der Waals surface area contributed by atoms with Crippen molar-refractivity contribution in [1.82, 2.24) is 14.9 Å². The van der Waals surface area contributed by atoms with Gasteiger partial charge in [-0.05, 0) is 37.5 Å². The number of aromatic nitrogens is 2. The third kappa shape index (κ3) is 1.71. The summed E-state index contributed by atoms with van der Waals surface area (Å²) in [6.07, 6.45) is 2.64. The highest BCUT2D eigenvalue weighted by molar-refractivity contribution is 5.76. The van der Waals surface area contributed by atoms with Crippen LogP contribution in [0.2, 0.25) is 0 Å². The van der Waals surface area contributed by atoms with Crippen molar-refractivity contribution in [1.29, 1.82) is 0 Å². The molecule has 0 aliphatic heterocycles. The molecule has 0 atom stereocenters. The first-order valence-corrected chi connectivity index (χ1v) is 5.89. The zero-order valence-electron chi connectivity index (χ0n) is 9.83. The van der Waals surface area contributed by atoms with Crippen molar-refractivity contribution in [2.75, 3.05) is 0 Å². The molecule has 1 aromatic carbocycles. The average Bonchev–Trinajstić information content (AvgIpc) is 3.03. The van der Waals surface area contributed by atoms with E-state index < -0.39 is 0 Å². The summed E-state index contributed by atoms with van der Waals surface area (Å²) in [7, 11) is 2.09. The maximum atomic E-state index is 4.67. The number of rotatable bonds is 3. The average molecular weight is 215 g/mol. The molecule has 0 bridgehead atoms. The normalized spacial score (nSPS) is 15.9. The summed E-state index contributed by atoms with van der Waals surface area (Å²) in [5.41, 5.74) is 3.60. The first kappa shape index (κ1) is 9.85. The van der Waals surface area contributed by atoms with E-state index in [1.807, 2.05) is 0 Å². The maximum Gasteiger partial charge on any atom is 0.123 e. The lowest BCUT2D eigenvalue weighted by atomic mass is 10.2. The van der Waals surface area contributed by atoms with Crippen LogP contribution < -0.4 is 5.32 Å². The van der Waals surface area contributed by atoms with Gasteiger partial charge in [0.2, 0.25) is 0 Å². The Balaban J connectivity index is 1.94. The number of imidazole rings is 1. The van der Waals surface area contributed by atoms with Crippen molar-refractivity contribution in [3.8, 4) is 0 Å². The fourth-order valence-electron chi connectivity index (χ4n) is 2.04. The molecule has 1 aliphatic carbocycles. The van der Waals surface area contributed by atoms with Crippen LogP contribution in [0.5, 0.6) is 0 Å². The Morgan fingerprint density at radius 1 is 1.44 bits per heavy atom. The van der Waals surface area contributed by atoms with Crippen molar-refractivity contribution in [3.63, 3.8) is 0 Å². The largest absolute Gasteiger partial charge is 0.330 e. The highest BCUT2D eigenvalue weighted by atomic mass is 15.1. The number of aryl methyl sites for hydroxylation is 2. The highest BCUT2D eigenvalue weighted by Crippen LogP contribution is 2.20. The van der Waals surface area contributed by atoms with Gasteiger partial charge in [0.15, 0.2) is 0 Å². The van der Waals surface area contributed by atoms with Gasteiger partial charge in [-0.2, -0.15) is 0 Å². The lowest BCUT2D eigenvalue weighted by Gasteiger charge is -2.03. The molecule has 0 saturated heterocycles. The van der Waals surface area contributed by atoms with Crippen molar-refractivity contribution in [2.45, 2.75) is 32.4 Å². The van der Waals surface area contributed by atoms with E-state index in [-0.39, 0.29) is 0 Å². The van der Waals surface area contributed by atoms with Crippen LogP contribution in [0.15, 0.2) is 18.2 Å². The van der Waals surface area contributed by atoms with Gasteiger partial charge in [0.1, 0.15) is 5.82 Å². The van der Waals surface area contributed by atoms with E-state index in [2.05, 4.69) is 47.0 Å². The molecule has 0 spiro atoms. The third-order valence-corrected chi connectivity index (χ3v) is 3.26. The summed E-state index contributed by atoms with van der Waals surface area (Å²) in [4.78, 5) is 4.67. The second-order valence-electron chi connectivity index (χ2n) is 4.73. The van der Waals surface area contributed by atoms with Gasteiger partial charge in [0, 0.05) is 13.1 Å². The highest BCUT2D eigenvalue weighted by Gasteiger charge is 2.21. The Morgan fingerprint density at radius 3 is 3.00 bits per heavy atom. The number of hydrogen-bond acceptors (Lipinski definition) is 2. The van der Waals surface area contributed by atoms with Crippen molar-refractivity contribution >= 4 is 11.0 Å². The molecule has 1 aliphatic rings. The van der Waals surface area contributed by atoms with Crippen LogP contribution in [0.25, 0.3) is 11.0 Å². The third-order valence-electron chi connectivity index (χ3n) is 3.26. The van der Waals surface area contributed by atoms with Crippen LogP contribution in [-0.2, 0) is 13.6 Å². The monoisotopic (exact) mass is 215 g/mol. The standard InChI is InChI=1S/C13H17N3/c1-9-3-6-12-11(7-9)15-13(16(12)2)8-14-10-4-5-10/h3,6-7,10,14H,4-5,8H2,1-2H3. The van der Waals surface area contributed by atoms with Crippen LogP contribution in [0.3, 0.4) is 0 Å². The molecule has 1 heterocycles. The Hall–Kier alpha value is -1.35. The van der Waals surface area contributed by atoms with E-state index in [0.717, 1.165) is 23.9 Å². The van der Waals surface area contributed by atoms with E-state index in [9.17, 15) is 0 Å². The SMILES string of the molecule is Cc1ccc2c(c1)nc(CNC1CC1)n2C. The van der Waals surface area contributed by atoms with Gasteiger partial charge in [-0.3, -0.25) is 0 Å². The quantitative estimate of drug-likeness (QED) is 0.850. The molecule has 16 heavy (non-hydrogen) atoms. The van der Waals surface area contributed by atoms with E-state index in [1.54, 1.807) is 0 Å². The summed E-state index contributed by atoms with van der Waals surface area (Å²) in [5.74, 6) is 1.13. The zero-order valence-corrected chi connectivity index (χ0v) is 9.83. The van der Waals surface area contributed by atoms with Gasteiger partial charge in [-0.15, -0.1) is 0 Å². The van der Waals surface area contributed by atoms with Gasteiger partial charge in [0.25, 0.3) is 0 Å². The molecular formula is C13H17N3. The van der Waals surface area contributed by atoms with Crippen LogP contribution in [-0.4, -0.2) is 15.6 Å². The lowest BCUT2D eigenvalue weighted by molar-refractivity contribution is 0.639. The summed E-state index contributed by atoms with van der Waals surface area (Å²) in [6.45, 7) is 2.99. The van der Waals surface area contributed by atoms with Crippen LogP contribution >= 0.6 is 0 Å². The van der Waals surface area contributed by atoms with Crippen LogP contribution in [0.4, 0.5) is 0 Å². The molecule has 1 N–H and O–H groups in total. The molecule has 3 heteroatoms. The predicted molar refractivity (Wildman–Crippen MR) is 65.3 cm³/mol. The molecule has 1 fully saturated rings. The van der Waals surface area contributed by atoms with Gasteiger partial charge in [-0.25, -0.2) is 4.98 Å². The minimum absolute atomic E-state index is 0.738. The summed E-state index contributed by atoms with van der Waals surface area (Å²) >= 11 is 0. The molecule has 3 nitrogen and oxygen atoms in total. The Bertz CT molecular complexity index is 523. The molecule has 0 radical (unpaired) electrons. The van der Waals surface area contributed by atoms with Gasteiger partial charge in [-0.1, -0.05) is 6.07 Å². The van der Waals surface area contributed by atoms with Gasteiger partial charge >= 0.3 is 0 Å².